The zero-order valence-corrected chi connectivity index (χ0v) is 12.5. The molecule has 2 aromatic carbocycles. The van der Waals surface area contributed by atoms with Crippen molar-refractivity contribution in [1.29, 1.82) is 0 Å². The lowest BCUT2D eigenvalue weighted by Gasteiger charge is -2.26. The summed E-state index contributed by atoms with van der Waals surface area (Å²) in [5, 5.41) is 0.680. The largest absolute Gasteiger partial charge is 0.493 e. The van der Waals surface area contributed by atoms with Crippen LogP contribution in [0.15, 0.2) is 42.5 Å². The SMILES string of the molecule is NCc1cc(Cl)ccc1OCC1CCOc2ccccc21. The number of rotatable bonds is 4. The van der Waals surface area contributed by atoms with Gasteiger partial charge >= 0.3 is 0 Å². The summed E-state index contributed by atoms with van der Waals surface area (Å²) >= 11 is 5.98. The van der Waals surface area contributed by atoms with Crippen molar-refractivity contribution in [3.05, 3.63) is 58.6 Å². The number of halogens is 1. The highest BCUT2D eigenvalue weighted by atomic mass is 35.5. The van der Waals surface area contributed by atoms with E-state index in [1.54, 1.807) is 0 Å². The van der Waals surface area contributed by atoms with Crippen LogP contribution in [0.5, 0.6) is 11.5 Å². The Morgan fingerprint density at radius 2 is 2.10 bits per heavy atom. The van der Waals surface area contributed by atoms with Gasteiger partial charge in [-0.25, -0.2) is 0 Å². The molecule has 21 heavy (non-hydrogen) atoms. The van der Waals surface area contributed by atoms with Crippen LogP contribution in [0.3, 0.4) is 0 Å². The molecule has 4 heteroatoms. The average Bonchev–Trinajstić information content (AvgIpc) is 2.53. The van der Waals surface area contributed by atoms with Crippen molar-refractivity contribution in [2.45, 2.75) is 18.9 Å². The standard InChI is InChI=1S/C17H18ClNO2/c18-14-5-6-16(13(9-14)10-19)21-11-12-7-8-20-17-4-2-1-3-15(12)17/h1-6,9,12H,7-8,10-11,19H2. The maximum atomic E-state index is 5.99. The zero-order chi connectivity index (χ0) is 14.7. The van der Waals surface area contributed by atoms with Crippen LogP contribution >= 0.6 is 11.6 Å². The average molecular weight is 304 g/mol. The molecule has 0 bridgehead atoms. The minimum absolute atomic E-state index is 0.344. The van der Waals surface area contributed by atoms with Crippen molar-refractivity contribution in [1.82, 2.24) is 0 Å². The lowest BCUT2D eigenvalue weighted by molar-refractivity contribution is 0.216. The summed E-state index contributed by atoms with van der Waals surface area (Å²) in [5.41, 5.74) is 7.89. The van der Waals surface area contributed by atoms with E-state index in [0.29, 0.717) is 24.1 Å². The molecular formula is C17H18ClNO2. The van der Waals surface area contributed by atoms with E-state index in [2.05, 4.69) is 6.07 Å². The molecule has 0 fully saturated rings. The minimum atomic E-state index is 0.344. The van der Waals surface area contributed by atoms with Crippen LogP contribution in [-0.2, 0) is 6.54 Å². The summed E-state index contributed by atoms with van der Waals surface area (Å²) in [6.07, 6.45) is 0.961. The molecule has 0 radical (unpaired) electrons. The molecule has 0 saturated carbocycles. The Morgan fingerprint density at radius 1 is 1.24 bits per heavy atom. The first-order valence-electron chi connectivity index (χ1n) is 7.11. The molecule has 1 heterocycles. The Bertz CT molecular complexity index is 630. The Morgan fingerprint density at radius 3 is 2.95 bits per heavy atom. The third-order valence-electron chi connectivity index (χ3n) is 3.77. The van der Waals surface area contributed by atoms with Crippen LogP contribution in [0.2, 0.25) is 5.02 Å². The van der Waals surface area contributed by atoms with Crippen LogP contribution < -0.4 is 15.2 Å². The Balaban J connectivity index is 1.74. The van der Waals surface area contributed by atoms with Crippen LogP contribution in [-0.4, -0.2) is 13.2 Å². The normalized spacial score (nSPS) is 17.0. The molecule has 0 aliphatic carbocycles. The monoisotopic (exact) mass is 303 g/mol. The van der Waals surface area contributed by atoms with Crippen molar-refractivity contribution in [3.8, 4) is 11.5 Å². The molecule has 3 nitrogen and oxygen atoms in total. The molecule has 0 amide bonds. The molecular weight excluding hydrogens is 286 g/mol. The molecule has 2 N–H and O–H groups in total. The molecule has 1 aliphatic rings. The predicted molar refractivity (Wildman–Crippen MR) is 84.1 cm³/mol. The zero-order valence-electron chi connectivity index (χ0n) is 11.7. The molecule has 1 atom stereocenters. The molecule has 1 aliphatic heterocycles. The van der Waals surface area contributed by atoms with E-state index >= 15 is 0 Å². The van der Waals surface area contributed by atoms with Gasteiger partial charge < -0.3 is 15.2 Å². The minimum Gasteiger partial charge on any atom is -0.493 e. The van der Waals surface area contributed by atoms with E-state index in [1.807, 2.05) is 36.4 Å². The van der Waals surface area contributed by atoms with Gasteiger partial charge in [-0.05, 0) is 30.7 Å². The van der Waals surface area contributed by atoms with Gasteiger partial charge in [0.2, 0.25) is 0 Å². The summed E-state index contributed by atoms with van der Waals surface area (Å²) in [5.74, 6) is 2.12. The van der Waals surface area contributed by atoms with Gasteiger partial charge in [-0.3, -0.25) is 0 Å². The first-order valence-corrected chi connectivity index (χ1v) is 7.48. The van der Waals surface area contributed by atoms with E-state index < -0.39 is 0 Å². The van der Waals surface area contributed by atoms with Gasteiger partial charge in [0.05, 0.1) is 13.2 Å². The smallest absolute Gasteiger partial charge is 0.123 e. The number of nitrogens with two attached hydrogens (primary N) is 1. The summed E-state index contributed by atoms with van der Waals surface area (Å²) < 4.78 is 11.7. The number of hydrogen-bond donors (Lipinski definition) is 1. The van der Waals surface area contributed by atoms with Crippen LogP contribution in [0, 0.1) is 0 Å². The van der Waals surface area contributed by atoms with E-state index in [-0.39, 0.29) is 0 Å². The number of benzene rings is 2. The molecule has 1 unspecified atom stereocenters. The fourth-order valence-corrected chi connectivity index (χ4v) is 2.82. The summed E-state index contributed by atoms with van der Waals surface area (Å²) in [4.78, 5) is 0. The summed E-state index contributed by atoms with van der Waals surface area (Å²) in [6, 6.07) is 13.7. The molecule has 0 spiro atoms. The van der Waals surface area contributed by atoms with Crippen LogP contribution in [0.1, 0.15) is 23.5 Å². The van der Waals surface area contributed by atoms with Gasteiger partial charge in [-0.1, -0.05) is 29.8 Å². The maximum Gasteiger partial charge on any atom is 0.123 e. The van der Waals surface area contributed by atoms with E-state index in [4.69, 9.17) is 26.8 Å². The van der Waals surface area contributed by atoms with Crippen molar-refractivity contribution >= 4 is 11.6 Å². The van der Waals surface area contributed by atoms with Crippen LogP contribution in [0.4, 0.5) is 0 Å². The van der Waals surface area contributed by atoms with Crippen molar-refractivity contribution < 1.29 is 9.47 Å². The first-order chi connectivity index (χ1) is 10.3. The third-order valence-corrected chi connectivity index (χ3v) is 4.00. The second-order valence-corrected chi connectivity index (χ2v) is 5.58. The van der Waals surface area contributed by atoms with Gasteiger partial charge in [0.25, 0.3) is 0 Å². The van der Waals surface area contributed by atoms with Gasteiger partial charge in [-0.2, -0.15) is 0 Å². The predicted octanol–water partition coefficient (Wildman–Crippen LogP) is 3.74. The van der Waals surface area contributed by atoms with E-state index in [0.717, 1.165) is 30.1 Å². The van der Waals surface area contributed by atoms with Gasteiger partial charge in [0.15, 0.2) is 0 Å². The van der Waals surface area contributed by atoms with E-state index in [1.165, 1.54) is 5.56 Å². The maximum absolute atomic E-state index is 5.99. The lowest BCUT2D eigenvalue weighted by atomic mass is 9.94. The van der Waals surface area contributed by atoms with Crippen molar-refractivity contribution in [3.63, 3.8) is 0 Å². The highest BCUT2D eigenvalue weighted by Gasteiger charge is 2.21. The molecule has 0 saturated heterocycles. The second-order valence-electron chi connectivity index (χ2n) is 5.14. The lowest BCUT2D eigenvalue weighted by Crippen LogP contribution is -2.20. The second kappa shape index (κ2) is 6.37. The van der Waals surface area contributed by atoms with Crippen LogP contribution in [0.25, 0.3) is 0 Å². The molecule has 2 aromatic rings. The summed E-state index contributed by atoms with van der Waals surface area (Å²) in [7, 11) is 0. The van der Waals surface area contributed by atoms with Gasteiger partial charge in [-0.15, -0.1) is 0 Å². The fourth-order valence-electron chi connectivity index (χ4n) is 2.63. The van der Waals surface area contributed by atoms with Crippen molar-refractivity contribution in [2.24, 2.45) is 5.73 Å². The fraction of sp³-hybridized carbons (Fsp3) is 0.294. The highest BCUT2D eigenvalue weighted by Crippen LogP contribution is 2.34. The molecule has 110 valence electrons. The Hall–Kier alpha value is -1.71. The topological polar surface area (TPSA) is 44.5 Å². The number of fused-ring (bicyclic) bond motifs is 1. The van der Waals surface area contributed by atoms with Gasteiger partial charge in [0, 0.05) is 28.6 Å². The number of para-hydroxylation sites is 1. The third kappa shape index (κ3) is 3.14. The molecule has 3 rings (SSSR count). The van der Waals surface area contributed by atoms with Gasteiger partial charge in [0.1, 0.15) is 11.5 Å². The summed E-state index contributed by atoms with van der Waals surface area (Å²) in [6.45, 7) is 1.77. The quantitative estimate of drug-likeness (QED) is 0.935. The Kier molecular flexibility index (Phi) is 4.32. The molecule has 0 aromatic heterocycles. The Labute approximate surface area is 129 Å². The number of hydrogen-bond acceptors (Lipinski definition) is 3. The van der Waals surface area contributed by atoms with Crippen molar-refractivity contribution in [2.75, 3.05) is 13.2 Å². The number of ether oxygens (including phenoxy) is 2. The first kappa shape index (κ1) is 14.2. The van der Waals surface area contributed by atoms with E-state index in [9.17, 15) is 0 Å². The highest BCUT2D eigenvalue weighted by molar-refractivity contribution is 6.30.